The average Bonchev–Trinajstić information content (AvgIpc) is 2.29. The SMILES string of the molecule is N#Cc1cc(C(O)C(O)CCCl)cnc1Cl. The summed E-state index contributed by atoms with van der Waals surface area (Å²) >= 11 is 11.1. The van der Waals surface area contributed by atoms with E-state index in [2.05, 4.69) is 4.98 Å². The van der Waals surface area contributed by atoms with Gasteiger partial charge in [0.25, 0.3) is 0 Å². The lowest BCUT2D eigenvalue weighted by atomic mass is 10.0. The van der Waals surface area contributed by atoms with Gasteiger partial charge in [0.15, 0.2) is 0 Å². The number of pyridine rings is 1. The summed E-state index contributed by atoms with van der Waals surface area (Å²) in [6, 6.07) is 3.25. The van der Waals surface area contributed by atoms with E-state index in [1.807, 2.05) is 6.07 Å². The lowest BCUT2D eigenvalue weighted by Gasteiger charge is -2.16. The second kappa shape index (κ2) is 6.02. The number of alkyl halides is 1. The van der Waals surface area contributed by atoms with Crippen LogP contribution in [-0.2, 0) is 0 Å². The maximum atomic E-state index is 9.73. The van der Waals surface area contributed by atoms with Crippen LogP contribution in [0.1, 0.15) is 23.7 Å². The molecule has 0 bridgehead atoms. The molecule has 2 N–H and O–H groups in total. The van der Waals surface area contributed by atoms with Crippen molar-refractivity contribution in [2.45, 2.75) is 18.6 Å². The zero-order valence-corrected chi connectivity index (χ0v) is 9.78. The van der Waals surface area contributed by atoms with Crippen LogP contribution in [0.5, 0.6) is 0 Å². The lowest BCUT2D eigenvalue weighted by molar-refractivity contribution is 0.0168. The van der Waals surface area contributed by atoms with Crippen molar-refractivity contribution < 1.29 is 10.2 Å². The first-order chi connectivity index (χ1) is 7.60. The number of nitriles is 1. The van der Waals surface area contributed by atoms with Gasteiger partial charge in [0.1, 0.15) is 17.3 Å². The highest BCUT2D eigenvalue weighted by Crippen LogP contribution is 2.22. The van der Waals surface area contributed by atoms with Crippen molar-refractivity contribution in [1.82, 2.24) is 4.98 Å². The molecule has 0 radical (unpaired) electrons. The number of hydrogen-bond donors (Lipinski definition) is 2. The van der Waals surface area contributed by atoms with Gasteiger partial charge >= 0.3 is 0 Å². The molecule has 1 heterocycles. The van der Waals surface area contributed by atoms with Gasteiger partial charge in [0, 0.05) is 17.6 Å². The molecule has 0 saturated carbocycles. The van der Waals surface area contributed by atoms with E-state index in [1.54, 1.807) is 0 Å². The molecule has 2 atom stereocenters. The lowest BCUT2D eigenvalue weighted by Crippen LogP contribution is -2.19. The van der Waals surface area contributed by atoms with Gasteiger partial charge in [0.05, 0.1) is 11.7 Å². The largest absolute Gasteiger partial charge is 0.390 e. The minimum absolute atomic E-state index is 0.0743. The topological polar surface area (TPSA) is 77.1 Å². The molecule has 0 aliphatic rings. The number of aliphatic hydroxyl groups excluding tert-OH is 2. The Morgan fingerprint density at radius 3 is 2.75 bits per heavy atom. The van der Waals surface area contributed by atoms with Crippen molar-refractivity contribution in [3.8, 4) is 6.07 Å². The van der Waals surface area contributed by atoms with Crippen molar-refractivity contribution >= 4 is 23.2 Å². The minimum Gasteiger partial charge on any atom is -0.390 e. The summed E-state index contributed by atoms with van der Waals surface area (Å²) in [5.74, 6) is 0.240. The van der Waals surface area contributed by atoms with Crippen molar-refractivity contribution in [1.29, 1.82) is 5.26 Å². The third-order valence-corrected chi connectivity index (χ3v) is 2.61. The van der Waals surface area contributed by atoms with Crippen LogP contribution < -0.4 is 0 Å². The molecule has 1 aromatic heterocycles. The first-order valence-corrected chi connectivity index (χ1v) is 5.49. The standard InChI is InChI=1S/C10H10Cl2N2O2/c11-2-1-8(15)9(16)7-3-6(4-13)10(12)14-5-7/h3,5,8-9,15-16H,1-2H2. The van der Waals surface area contributed by atoms with Gasteiger partial charge in [-0.2, -0.15) is 5.26 Å². The number of aromatic nitrogens is 1. The maximum absolute atomic E-state index is 9.73. The van der Waals surface area contributed by atoms with Crippen LogP contribution in [0.15, 0.2) is 12.3 Å². The fraction of sp³-hybridized carbons (Fsp3) is 0.400. The van der Waals surface area contributed by atoms with Crippen LogP contribution in [0.25, 0.3) is 0 Å². The van der Waals surface area contributed by atoms with Crippen LogP contribution in [0.2, 0.25) is 5.15 Å². The van der Waals surface area contributed by atoms with E-state index in [0.717, 1.165) is 0 Å². The first kappa shape index (κ1) is 13.2. The Balaban J connectivity index is 2.92. The molecular weight excluding hydrogens is 251 g/mol. The van der Waals surface area contributed by atoms with Crippen LogP contribution in [0.4, 0.5) is 0 Å². The zero-order chi connectivity index (χ0) is 12.1. The number of halogens is 2. The van der Waals surface area contributed by atoms with Crippen LogP contribution >= 0.6 is 23.2 Å². The molecule has 1 aromatic rings. The number of rotatable bonds is 4. The predicted molar refractivity (Wildman–Crippen MR) is 60.3 cm³/mol. The molecule has 0 aliphatic carbocycles. The average molecular weight is 261 g/mol. The molecule has 86 valence electrons. The van der Waals surface area contributed by atoms with Crippen LogP contribution in [-0.4, -0.2) is 27.2 Å². The summed E-state index contributed by atoms with van der Waals surface area (Å²) in [6.07, 6.45) is -0.513. The van der Waals surface area contributed by atoms with E-state index in [9.17, 15) is 10.2 Å². The number of nitrogens with zero attached hydrogens (tertiary/aromatic N) is 2. The highest BCUT2D eigenvalue weighted by Gasteiger charge is 2.19. The molecule has 2 unspecified atom stereocenters. The van der Waals surface area contributed by atoms with Gasteiger partial charge < -0.3 is 10.2 Å². The summed E-state index contributed by atoms with van der Waals surface area (Å²) in [5.41, 5.74) is 0.509. The quantitative estimate of drug-likeness (QED) is 0.637. The van der Waals surface area contributed by atoms with Gasteiger partial charge in [-0.3, -0.25) is 0 Å². The Kier molecular flexibility index (Phi) is 4.97. The third-order valence-electron chi connectivity index (χ3n) is 2.09. The van der Waals surface area contributed by atoms with E-state index in [-0.39, 0.29) is 23.0 Å². The fourth-order valence-corrected chi connectivity index (χ4v) is 1.57. The molecule has 0 fully saturated rings. The normalized spacial score (nSPS) is 14.2. The molecule has 16 heavy (non-hydrogen) atoms. The first-order valence-electron chi connectivity index (χ1n) is 4.57. The molecule has 6 heteroatoms. The van der Waals surface area contributed by atoms with E-state index >= 15 is 0 Å². The maximum Gasteiger partial charge on any atom is 0.146 e. The Morgan fingerprint density at radius 1 is 1.50 bits per heavy atom. The molecule has 1 rings (SSSR count). The van der Waals surface area contributed by atoms with Crippen molar-refractivity contribution in [2.75, 3.05) is 5.88 Å². The zero-order valence-electron chi connectivity index (χ0n) is 8.27. The van der Waals surface area contributed by atoms with Crippen LogP contribution in [0, 0.1) is 11.3 Å². The van der Waals surface area contributed by atoms with Gasteiger partial charge in [-0.1, -0.05) is 11.6 Å². The molecular formula is C10H10Cl2N2O2. The summed E-state index contributed by atoms with van der Waals surface area (Å²) in [4.78, 5) is 3.75. The second-order valence-corrected chi connectivity index (χ2v) is 3.94. The van der Waals surface area contributed by atoms with Gasteiger partial charge in [-0.25, -0.2) is 4.98 Å². The summed E-state index contributed by atoms with van der Waals surface area (Å²) in [7, 11) is 0. The predicted octanol–water partition coefficient (Wildman–Crippen LogP) is 1.63. The van der Waals surface area contributed by atoms with E-state index in [0.29, 0.717) is 5.56 Å². The highest BCUT2D eigenvalue weighted by molar-refractivity contribution is 6.30. The van der Waals surface area contributed by atoms with E-state index in [4.69, 9.17) is 28.5 Å². The minimum atomic E-state index is -1.12. The Hall–Kier alpha value is -0.860. The Labute approximate surface area is 103 Å². The van der Waals surface area contributed by atoms with E-state index < -0.39 is 12.2 Å². The summed E-state index contributed by atoms with van der Waals surface area (Å²) in [6.45, 7) is 0. The molecule has 0 amide bonds. The highest BCUT2D eigenvalue weighted by atomic mass is 35.5. The van der Waals surface area contributed by atoms with Gasteiger partial charge in [0.2, 0.25) is 0 Å². The van der Waals surface area contributed by atoms with Crippen molar-refractivity contribution in [3.05, 3.63) is 28.5 Å². The third kappa shape index (κ3) is 3.06. The Morgan fingerprint density at radius 2 is 2.19 bits per heavy atom. The van der Waals surface area contributed by atoms with Gasteiger partial charge in [-0.05, 0) is 12.5 Å². The van der Waals surface area contributed by atoms with Crippen LogP contribution in [0.3, 0.4) is 0 Å². The monoisotopic (exact) mass is 260 g/mol. The summed E-state index contributed by atoms with van der Waals surface area (Å²) < 4.78 is 0. The molecule has 0 saturated heterocycles. The fourth-order valence-electron chi connectivity index (χ4n) is 1.20. The van der Waals surface area contributed by atoms with Gasteiger partial charge in [-0.15, -0.1) is 11.6 Å². The molecule has 0 aromatic carbocycles. The Bertz CT molecular complexity index is 406. The molecule has 0 spiro atoms. The molecule has 4 nitrogen and oxygen atoms in total. The number of aliphatic hydroxyl groups is 2. The second-order valence-electron chi connectivity index (χ2n) is 3.21. The smallest absolute Gasteiger partial charge is 0.146 e. The van der Waals surface area contributed by atoms with Crippen molar-refractivity contribution in [2.24, 2.45) is 0 Å². The summed E-state index contributed by atoms with van der Waals surface area (Å²) in [5, 5.41) is 28.1. The van der Waals surface area contributed by atoms with Crippen molar-refractivity contribution in [3.63, 3.8) is 0 Å². The van der Waals surface area contributed by atoms with E-state index in [1.165, 1.54) is 12.3 Å². The number of hydrogen-bond acceptors (Lipinski definition) is 4. The molecule has 0 aliphatic heterocycles.